The van der Waals surface area contributed by atoms with Crippen molar-refractivity contribution in [2.75, 3.05) is 0 Å². The summed E-state index contributed by atoms with van der Waals surface area (Å²) < 4.78 is 13.0. The molecular formula is C12H11ClFN3O. The second-order valence-electron chi connectivity index (χ2n) is 4.32. The fourth-order valence-corrected chi connectivity index (χ4v) is 2.61. The number of hydrogen-bond donors (Lipinski definition) is 0. The molecular weight excluding hydrogens is 257 g/mol. The van der Waals surface area contributed by atoms with Gasteiger partial charge >= 0.3 is 0 Å². The Labute approximate surface area is 108 Å². The fourth-order valence-electron chi connectivity index (χ4n) is 2.29. The first kappa shape index (κ1) is 12.9. The van der Waals surface area contributed by atoms with Crippen LogP contribution in [0.1, 0.15) is 30.7 Å². The molecule has 0 heterocycles. The van der Waals surface area contributed by atoms with Crippen molar-refractivity contribution < 1.29 is 9.18 Å². The maximum Gasteiger partial charge on any atom is 0.141 e. The zero-order chi connectivity index (χ0) is 13.1. The molecule has 1 aromatic rings. The summed E-state index contributed by atoms with van der Waals surface area (Å²) in [6, 6.07) is 3.61. The predicted molar refractivity (Wildman–Crippen MR) is 65.9 cm³/mol. The van der Waals surface area contributed by atoms with Gasteiger partial charge in [-0.05, 0) is 42.0 Å². The SMILES string of the molecule is [N-]=[N+]=NC1CC(c2ccc(F)cc2Cl)CCC1=O. The number of ketones is 1. The van der Waals surface area contributed by atoms with E-state index in [9.17, 15) is 9.18 Å². The zero-order valence-electron chi connectivity index (χ0n) is 9.51. The van der Waals surface area contributed by atoms with Crippen LogP contribution in [0.15, 0.2) is 23.3 Å². The molecule has 4 nitrogen and oxygen atoms in total. The third-order valence-corrected chi connectivity index (χ3v) is 3.54. The summed E-state index contributed by atoms with van der Waals surface area (Å²) in [5, 5.41) is 3.86. The van der Waals surface area contributed by atoms with Crippen molar-refractivity contribution in [3.63, 3.8) is 0 Å². The fraction of sp³-hybridized carbons (Fsp3) is 0.417. The first-order valence-electron chi connectivity index (χ1n) is 5.63. The molecule has 1 aliphatic rings. The lowest BCUT2D eigenvalue weighted by Gasteiger charge is -2.26. The lowest BCUT2D eigenvalue weighted by atomic mass is 9.81. The molecule has 2 unspecified atom stereocenters. The van der Waals surface area contributed by atoms with Crippen LogP contribution >= 0.6 is 11.6 Å². The summed E-state index contributed by atoms with van der Waals surface area (Å²) in [4.78, 5) is 14.2. The number of Topliss-reactive ketones (excluding diaryl/α,β-unsaturated/α-hetero) is 1. The molecule has 0 aromatic heterocycles. The number of benzene rings is 1. The van der Waals surface area contributed by atoms with Crippen molar-refractivity contribution in [2.45, 2.75) is 31.2 Å². The van der Waals surface area contributed by atoms with E-state index in [0.29, 0.717) is 24.3 Å². The van der Waals surface area contributed by atoms with Gasteiger partial charge in [-0.2, -0.15) is 0 Å². The summed E-state index contributed by atoms with van der Waals surface area (Å²) in [5.41, 5.74) is 9.22. The number of carbonyl (C=O) groups is 1. The molecule has 0 N–H and O–H groups in total. The van der Waals surface area contributed by atoms with Crippen LogP contribution in [0, 0.1) is 5.82 Å². The van der Waals surface area contributed by atoms with Gasteiger partial charge in [-0.1, -0.05) is 22.8 Å². The average Bonchev–Trinajstić information content (AvgIpc) is 2.33. The Morgan fingerprint density at radius 2 is 2.28 bits per heavy atom. The highest BCUT2D eigenvalue weighted by Gasteiger charge is 2.29. The van der Waals surface area contributed by atoms with E-state index >= 15 is 0 Å². The Morgan fingerprint density at radius 3 is 2.94 bits per heavy atom. The molecule has 0 radical (unpaired) electrons. The molecule has 1 saturated carbocycles. The minimum Gasteiger partial charge on any atom is -0.299 e. The molecule has 2 atom stereocenters. The zero-order valence-corrected chi connectivity index (χ0v) is 10.3. The van der Waals surface area contributed by atoms with Crippen molar-refractivity contribution in [3.8, 4) is 0 Å². The van der Waals surface area contributed by atoms with Crippen molar-refractivity contribution in [1.29, 1.82) is 0 Å². The molecule has 1 fully saturated rings. The lowest BCUT2D eigenvalue weighted by Crippen LogP contribution is -2.26. The molecule has 0 spiro atoms. The van der Waals surface area contributed by atoms with Crippen molar-refractivity contribution in [1.82, 2.24) is 0 Å². The Morgan fingerprint density at radius 1 is 1.50 bits per heavy atom. The van der Waals surface area contributed by atoms with E-state index in [-0.39, 0.29) is 17.5 Å². The third kappa shape index (κ3) is 2.63. The summed E-state index contributed by atoms with van der Waals surface area (Å²) in [6.45, 7) is 0. The molecule has 2 rings (SSSR count). The van der Waals surface area contributed by atoms with Gasteiger partial charge in [-0.3, -0.25) is 4.79 Å². The minimum absolute atomic E-state index is 0.0336. The number of halogens is 2. The van der Waals surface area contributed by atoms with E-state index in [4.69, 9.17) is 17.1 Å². The summed E-state index contributed by atoms with van der Waals surface area (Å²) in [6.07, 6.45) is 1.46. The topological polar surface area (TPSA) is 65.8 Å². The van der Waals surface area contributed by atoms with E-state index < -0.39 is 6.04 Å². The maximum atomic E-state index is 13.0. The van der Waals surface area contributed by atoms with Gasteiger partial charge in [0.25, 0.3) is 0 Å². The quantitative estimate of drug-likeness (QED) is 0.454. The predicted octanol–water partition coefficient (Wildman–Crippen LogP) is 3.99. The molecule has 6 heteroatoms. The van der Waals surface area contributed by atoms with Gasteiger partial charge in [0, 0.05) is 16.4 Å². The second kappa shape index (κ2) is 5.38. The van der Waals surface area contributed by atoms with Crippen LogP contribution in [0.2, 0.25) is 5.02 Å². The third-order valence-electron chi connectivity index (χ3n) is 3.21. The number of rotatable bonds is 2. The summed E-state index contributed by atoms with van der Waals surface area (Å²) in [7, 11) is 0. The molecule has 0 amide bonds. The van der Waals surface area contributed by atoms with Crippen LogP contribution in [0.3, 0.4) is 0 Å². The smallest absolute Gasteiger partial charge is 0.141 e. The van der Waals surface area contributed by atoms with Crippen molar-refractivity contribution >= 4 is 17.4 Å². The molecule has 0 bridgehead atoms. The van der Waals surface area contributed by atoms with Gasteiger partial charge in [0.1, 0.15) is 11.6 Å². The molecule has 1 aliphatic carbocycles. The number of hydrogen-bond acceptors (Lipinski definition) is 2. The van der Waals surface area contributed by atoms with Gasteiger partial charge in [-0.25, -0.2) is 4.39 Å². The monoisotopic (exact) mass is 267 g/mol. The largest absolute Gasteiger partial charge is 0.299 e. The highest BCUT2D eigenvalue weighted by atomic mass is 35.5. The Balaban J connectivity index is 2.23. The van der Waals surface area contributed by atoms with Crippen molar-refractivity contribution in [2.24, 2.45) is 5.11 Å². The molecule has 0 aliphatic heterocycles. The van der Waals surface area contributed by atoms with Gasteiger partial charge in [0.05, 0.1) is 6.04 Å². The minimum atomic E-state index is -0.630. The molecule has 18 heavy (non-hydrogen) atoms. The summed E-state index contributed by atoms with van der Waals surface area (Å²) >= 11 is 6.00. The molecule has 1 aromatic carbocycles. The van der Waals surface area contributed by atoms with Crippen molar-refractivity contribution in [3.05, 3.63) is 45.0 Å². The summed E-state index contributed by atoms with van der Waals surface area (Å²) in [5.74, 6) is -0.393. The molecule has 0 saturated heterocycles. The number of azide groups is 1. The first-order chi connectivity index (χ1) is 8.61. The van der Waals surface area contributed by atoms with Crippen LogP contribution in [0.25, 0.3) is 10.4 Å². The Kier molecular flexibility index (Phi) is 3.84. The van der Waals surface area contributed by atoms with Crippen LogP contribution in [-0.2, 0) is 4.79 Å². The first-order valence-corrected chi connectivity index (χ1v) is 6.01. The molecule has 94 valence electrons. The normalized spacial score (nSPS) is 23.6. The lowest BCUT2D eigenvalue weighted by molar-refractivity contribution is -0.121. The van der Waals surface area contributed by atoms with E-state index in [1.807, 2.05) is 0 Å². The van der Waals surface area contributed by atoms with Gasteiger partial charge in [-0.15, -0.1) is 0 Å². The Bertz CT molecular complexity index is 528. The average molecular weight is 268 g/mol. The number of nitrogens with zero attached hydrogens (tertiary/aromatic N) is 3. The van der Waals surface area contributed by atoms with Gasteiger partial charge < -0.3 is 0 Å². The highest BCUT2D eigenvalue weighted by Crippen LogP contribution is 2.36. The maximum absolute atomic E-state index is 13.0. The standard InChI is InChI=1S/C12H11ClFN3O/c13-10-6-8(14)2-3-9(10)7-1-4-12(18)11(5-7)16-17-15/h2-3,6-7,11H,1,4-5H2. The second-order valence-corrected chi connectivity index (χ2v) is 4.73. The van der Waals surface area contributed by atoms with Crippen LogP contribution in [0.4, 0.5) is 4.39 Å². The van der Waals surface area contributed by atoms with E-state index in [1.165, 1.54) is 12.1 Å². The van der Waals surface area contributed by atoms with Crippen LogP contribution < -0.4 is 0 Å². The highest BCUT2D eigenvalue weighted by molar-refractivity contribution is 6.31. The van der Waals surface area contributed by atoms with Gasteiger partial charge in [0.2, 0.25) is 0 Å². The van der Waals surface area contributed by atoms with E-state index in [1.54, 1.807) is 6.07 Å². The van der Waals surface area contributed by atoms with Crippen LogP contribution in [-0.4, -0.2) is 11.8 Å². The Hall–Kier alpha value is -1.58. The van der Waals surface area contributed by atoms with E-state index in [2.05, 4.69) is 10.0 Å². The van der Waals surface area contributed by atoms with E-state index in [0.717, 1.165) is 5.56 Å². The number of carbonyl (C=O) groups excluding carboxylic acids is 1. The van der Waals surface area contributed by atoms with Crippen LogP contribution in [0.5, 0.6) is 0 Å². The van der Waals surface area contributed by atoms with Gasteiger partial charge in [0.15, 0.2) is 0 Å².